The first-order valence-corrected chi connectivity index (χ1v) is 12.4. The van der Waals surface area contributed by atoms with Crippen LogP contribution in [0.25, 0.3) is 22.0 Å². The Labute approximate surface area is 193 Å². The number of anilines is 1. The van der Waals surface area contributed by atoms with E-state index in [2.05, 4.69) is 38.7 Å². The number of rotatable bonds is 6. The van der Waals surface area contributed by atoms with Crippen molar-refractivity contribution in [1.82, 2.24) is 19.7 Å². The second-order valence-corrected chi connectivity index (χ2v) is 9.70. The van der Waals surface area contributed by atoms with Crippen molar-refractivity contribution < 1.29 is 4.79 Å². The van der Waals surface area contributed by atoms with Crippen LogP contribution in [-0.2, 0) is 24.2 Å². The van der Waals surface area contributed by atoms with Crippen LogP contribution in [0.2, 0.25) is 0 Å². The zero-order chi connectivity index (χ0) is 21.2. The Morgan fingerprint density at radius 3 is 2.90 bits per heavy atom. The number of nitrogens with one attached hydrogen (secondary N) is 2. The number of hydrogen-bond acceptors (Lipinski definition) is 6. The number of aromatic amines is 1. The average Bonchev–Trinajstić information content (AvgIpc) is 3.53. The van der Waals surface area contributed by atoms with Crippen LogP contribution >= 0.6 is 34.9 Å². The van der Waals surface area contributed by atoms with Crippen molar-refractivity contribution in [2.45, 2.75) is 38.6 Å². The number of fused-ring (bicyclic) bond motifs is 1. The molecule has 2 N–H and O–H groups in total. The van der Waals surface area contributed by atoms with E-state index in [0.29, 0.717) is 22.9 Å². The third-order valence-corrected chi connectivity index (χ3v) is 7.39. The number of aryl methyl sites for hydroxylation is 2. The summed E-state index contributed by atoms with van der Waals surface area (Å²) in [6.45, 7) is 0.456. The molecule has 158 valence electrons. The van der Waals surface area contributed by atoms with Crippen LogP contribution < -0.4 is 5.32 Å². The number of nitrogens with zero attached hydrogens (tertiary/aromatic N) is 3. The van der Waals surface area contributed by atoms with Crippen molar-refractivity contribution >= 4 is 45.9 Å². The average molecular weight is 468 g/mol. The third-order valence-electron chi connectivity index (χ3n) is 5.46. The van der Waals surface area contributed by atoms with Crippen molar-refractivity contribution in [3.05, 3.63) is 57.0 Å². The molecule has 3 aromatic heterocycles. The molecule has 0 radical (unpaired) electrons. The number of benzene rings is 1. The van der Waals surface area contributed by atoms with E-state index < -0.39 is 0 Å². The molecule has 9 heteroatoms. The molecule has 6 nitrogen and oxygen atoms in total. The van der Waals surface area contributed by atoms with E-state index in [1.54, 1.807) is 11.3 Å². The van der Waals surface area contributed by atoms with Gasteiger partial charge in [0.1, 0.15) is 0 Å². The van der Waals surface area contributed by atoms with Gasteiger partial charge in [0, 0.05) is 23.9 Å². The summed E-state index contributed by atoms with van der Waals surface area (Å²) in [5.41, 5.74) is 4.91. The molecule has 0 saturated heterocycles. The van der Waals surface area contributed by atoms with Gasteiger partial charge in [0.25, 0.3) is 0 Å². The Hall–Kier alpha value is -2.62. The first-order valence-electron chi connectivity index (χ1n) is 10.2. The van der Waals surface area contributed by atoms with Crippen LogP contribution in [0.1, 0.15) is 30.4 Å². The molecule has 3 heterocycles. The van der Waals surface area contributed by atoms with Gasteiger partial charge in [-0.05, 0) is 66.5 Å². The molecule has 1 amide bonds. The summed E-state index contributed by atoms with van der Waals surface area (Å²) in [6, 6.07) is 10.6. The molecule has 5 rings (SSSR count). The summed E-state index contributed by atoms with van der Waals surface area (Å²) in [5, 5.41) is 14.7. The van der Waals surface area contributed by atoms with Gasteiger partial charge in [-0.25, -0.2) is 4.98 Å². The molecule has 0 spiro atoms. The molecule has 0 aliphatic heterocycles. The van der Waals surface area contributed by atoms with Crippen LogP contribution in [0.5, 0.6) is 0 Å². The van der Waals surface area contributed by atoms with Gasteiger partial charge in [-0.1, -0.05) is 18.2 Å². The molecule has 0 saturated carbocycles. The van der Waals surface area contributed by atoms with Crippen molar-refractivity contribution in [3.63, 3.8) is 0 Å². The molecule has 0 atom stereocenters. The predicted molar refractivity (Wildman–Crippen MR) is 128 cm³/mol. The molecule has 1 aliphatic carbocycles. The van der Waals surface area contributed by atoms with E-state index in [1.807, 2.05) is 27.5 Å². The molecule has 31 heavy (non-hydrogen) atoms. The minimum absolute atomic E-state index is 0.0911. The normalized spacial score (nSPS) is 13.2. The summed E-state index contributed by atoms with van der Waals surface area (Å²) >= 11 is 8.38. The molecule has 0 fully saturated rings. The number of thiophene rings is 1. The number of carbonyl (C=O) groups excluding carboxylic acids is 1. The zero-order valence-electron chi connectivity index (χ0n) is 16.8. The SMILES string of the molecule is O=C(CCn1c(-c2cccs2)n[nH]c1=S)Nc1nc(-c2ccc3c(c2)CCCC3)cs1. The van der Waals surface area contributed by atoms with Crippen molar-refractivity contribution in [1.29, 1.82) is 0 Å². The lowest BCUT2D eigenvalue weighted by Gasteiger charge is -2.16. The maximum atomic E-state index is 12.5. The Kier molecular flexibility index (Phi) is 5.80. The second kappa shape index (κ2) is 8.86. The van der Waals surface area contributed by atoms with Gasteiger partial charge >= 0.3 is 0 Å². The van der Waals surface area contributed by atoms with Crippen molar-refractivity contribution in [2.75, 3.05) is 5.32 Å². The lowest BCUT2D eigenvalue weighted by Crippen LogP contribution is -2.15. The highest BCUT2D eigenvalue weighted by atomic mass is 32.1. The van der Waals surface area contributed by atoms with Crippen LogP contribution in [-0.4, -0.2) is 25.7 Å². The van der Waals surface area contributed by atoms with E-state index in [0.717, 1.165) is 28.4 Å². The van der Waals surface area contributed by atoms with Crippen molar-refractivity contribution in [3.8, 4) is 22.0 Å². The maximum absolute atomic E-state index is 12.5. The monoisotopic (exact) mass is 467 g/mol. The van der Waals surface area contributed by atoms with Crippen LogP contribution in [0.4, 0.5) is 5.13 Å². The van der Waals surface area contributed by atoms with E-state index in [1.165, 1.54) is 41.7 Å². The Balaban J connectivity index is 1.24. The van der Waals surface area contributed by atoms with E-state index in [9.17, 15) is 4.79 Å². The number of aromatic nitrogens is 4. The molecular weight excluding hydrogens is 446 g/mol. The van der Waals surface area contributed by atoms with E-state index in [-0.39, 0.29) is 5.91 Å². The number of carbonyl (C=O) groups is 1. The fourth-order valence-electron chi connectivity index (χ4n) is 3.87. The van der Waals surface area contributed by atoms with Crippen molar-refractivity contribution in [2.24, 2.45) is 0 Å². The minimum Gasteiger partial charge on any atom is -0.302 e. The lowest BCUT2D eigenvalue weighted by atomic mass is 9.90. The smallest absolute Gasteiger partial charge is 0.227 e. The Morgan fingerprint density at radius 2 is 2.06 bits per heavy atom. The summed E-state index contributed by atoms with van der Waals surface area (Å²) in [4.78, 5) is 18.2. The summed E-state index contributed by atoms with van der Waals surface area (Å²) in [6.07, 6.45) is 5.13. The van der Waals surface area contributed by atoms with Gasteiger partial charge in [-0.3, -0.25) is 14.5 Å². The first kappa shape index (κ1) is 20.3. The largest absolute Gasteiger partial charge is 0.302 e. The number of H-pyrrole nitrogens is 1. The van der Waals surface area contributed by atoms with Crippen LogP contribution in [0.3, 0.4) is 0 Å². The molecule has 4 aromatic rings. The number of thiazole rings is 1. The standard InChI is InChI=1S/C22H21N5OS3/c28-19(9-10-27-20(25-26-22(27)29)18-6-3-11-30-18)24-21-23-17(13-31-21)16-8-7-14-4-1-2-5-15(14)12-16/h3,6-8,11-13H,1-2,4-5,9-10H2,(H,26,29)(H,23,24,28). The molecule has 0 unspecified atom stereocenters. The third kappa shape index (κ3) is 4.39. The van der Waals surface area contributed by atoms with E-state index in [4.69, 9.17) is 12.2 Å². The number of hydrogen-bond donors (Lipinski definition) is 2. The maximum Gasteiger partial charge on any atom is 0.227 e. The fraction of sp³-hybridized carbons (Fsp3) is 0.273. The van der Waals surface area contributed by atoms with Crippen LogP contribution in [0, 0.1) is 4.77 Å². The molecular formula is C22H21N5OS3. The Bertz CT molecular complexity index is 1270. The van der Waals surface area contributed by atoms with Gasteiger partial charge in [-0.2, -0.15) is 5.10 Å². The summed E-state index contributed by atoms with van der Waals surface area (Å²) in [5.74, 6) is 0.670. The Morgan fingerprint density at radius 1 is 1.19 bits per heavy atom. The molecule has 1 aromatic carbocycles. The second-order valence-electron chi connectivity index (χ2n) is 7.51. The minimum atomic E-state index is -0.0911. The van der Waals surface area contributed by atoms with Gasteiger partial charge in [0.2, 0.25) is 5.91 Å². The van der Waals surface area contributed by atoms with Crippen LogP contribution in [0.15, 0.2) is 41.1 Å². The zero-order valence-corrected chi connectivity index (χ0v) is 19.2. The highest BCUT2D eigenvalue weighted by molar-refractivity contribution is 7.71. The predicted octanol–water partition coefficient (Wildman–Crippen LogP) is 5.70. The summed E-state index contributed by atoms with van der Waals surface area (Å²) < 4.78 is 2.38. The molecule has 1 aliphatic rings. The fourth-order valence-corrected chi connectivity index (χ4v) is 5.55. The van der Waals surface area contributed by atoms with E-state index >= 15 is 0 Å². The number of amides is 1. The van der Waals surface area contributed by atoms with Gasteiger partial charge in [0.05, 0.1) is 10.6 Å². The highest BCUT2D eigenvalue weighted by Crippen LogP contribution is 2.30. The summed E-state index contributed by atoms with van der Waals surface area (Å²) in [7, 11) is 0. The highest BCUT2D eigenvalue weighted by Gasteiger charge is 2.14. The van der Waals surface area contributed by atoms with Gasteiger partial charge in [-0.15, -0.1) is 22.7 Å². The van der Waals surface area contributed by atoms with Gasteiger partial charge < -0.3 is 5.32 Å². The van der Waals surface area contributed by atoms with Gasteiger partial charge in [0.15, 0.2) is 15.7 Å². The molecule has 0 bridgehead atoms. The topological polar surface area (TPSA) is 75.6 Å². The first-order chi connectivity index (χ1) is 15.2. The quantitative estimate of drug-likeness (QED) is 0.357. The lowest BCUT2D eigenvalue weighted by molar-refractivity contribution is -0.116.